The molecular formula is C27H28Cl2N4O4S. The molecule has 2 N–H and O–H groups in total. The molecule has 200 valence electrons. The standard InChI is InChI=1S/C27H28Cl2N4O4S/c1-38-22-9-7-18(24(28)25(22)29)8-10-23(34)33-13-19(14-33)26(35)31-21(27(36)37)11-20-15-32(16-30-20)12-17-5-3-2-4-6-17/h2-10,16,19-21H,11-15H2,1H3,(H,31,35)(H,36,37)/b10-8+/t20?,21-/m0/s1. The number of carbonyl (C=O) groups is 3. The van der Waals surface area contributed by atoms with Crippen molar-refractivity contribution in [2.24, 2.45) is 10.9 Å². The minimum atomic E-state index is -1.10. The minimum Gasteiger partial charge on any atom is -0.480 e. The number of hydrogen-bond donors (Lipinski definition) is 2. The molecule has 0 aromatic heterocycles. The number of amides is 2. The molecule has 38 heavy (non-hydrogen) atoms. The molecule has 0 bridgehead atoms. The highest BCUT2D eigenvalue weighted by molar-refractivity contribution is 7.98. The maximum Gasteiger partial charge on any atom is 0.326 e. The second-order valence-electron chi connectivity index (χ2n) is 9.23. The number of thioether (sulfide) groups is 1. The number of nitrogens with zero attached hydrogens (tertiary/aromatic N) is 3. The molecule has 0 saturated carbocycles. The minimum absolute atomic E-state index is 0.194. The second kappa shape index (κ2) is 12.7. The van der Waals surface area contributed by atoms with Crippen molar-refractivity contribution in [3.05, 3.63) is 69.7 Å². The lowest BCUT2D eigenvalue weighted by molar-refractivity contribution is -0.146. The van der Waals surface area contributed by atoms with Crippen molar-refractivity contribution in [1.82, 2.24) is 15.1 Å². The molecule has 1 fully saturated rings. The van der Waals surface area contributed by atoms with Crippen LogP contribution in [0, 0.1) is 5.92 Å². The van der Waals surface area contributed by atoms with E-state index in [4.69, 9.17) is 23.2 Å². The Morgan fingerprint density at radius 3 is 2.55 bits per heavy atom. The van der Waals surface area contributed by atoms with Gasteiger partial charge in [0.25, 0.3) is 0 Å². The number of carboxylic acids is 1. The summed E-state index contributed by atoms with van der Waals surface area (Å²) in [4.78, 5) is 45.9. The Bertz CT molecular complexity index is 1250. The number of nitrogens with one attached hydrogen (secondary N) is 1. The first-order valence-corrected chi connectivity index (χ1v) is 14.1. The molecule has 1 unspecified atom stereocenters. The maximum atomic E-state index is 12.7. The van der Waals surface area contributed by atoms with E-state index in [1.165, 1.54) is 22.7 Å². The van der Waals surface area contributed by atoms with Crippen LogP contribution in [-0.4, -0.2) is 77.0 Å². The molecule has 11 heteroatoms. The first-order chi connectivity index (χ1) is 18.2. The van der Waals surface area contributed by atoms with Gasteiger partial charge in [-0.25, -0.2) is 4.79 Å². The molecule has 1 saturated heterocycles. The van der Waals surface area contributed by atoms with Crippen LogP contribution in [-0.2, 0) is 20.9 Å². The van der Waals surface area contributed by atoms with Crippen LogP contribution in [0.4, 0.5) is 0 Å². The van der Waals surface area contributed by atoms with Crippen LogP contribution in [0.15, 0.2) is 58.4 Å². The van der Waals surface area contributed by atoms with Crippen LogP contribution in [0.25, 0.3) is 6.08 Å². The third kappa shape index (κ3) is 6.89. The van der Waals surface area contributed by atoms with E-state index in [1.807, 2.05) is 47.6 Å². The predicted octanol–water partition coefficient (Wildman–Crippen LogP) is 4.06. The number of hydrogen-bond acceptors (Lipinski definition) is 6. The van der Waals surface area contributed by atoms with E-state index < -0.39 is 17.9 Å². The predicted molar refractivity (Wildman–Crippen MR) is 151 cm³/mol. The maximum absolute atomic E-state index is 12.7. The summed E-state index contributed by atoms with van der Waals surface area (Å²) < 4.78 is 0. The number of benzene rings is 2. The van der Waals surface area contributed by atoms with Crippen LogP contribution in [0.2, 0.25) is 10.0 Å². The fraction of sp³-hybridized carbons (Fsp3) is 0.333. The Labute approximate surface area is 235 Å². The van der Waals surface area contributed by atoms with Gasteiger partial charge in [0.2, 0.25) is 11.8 Å². The molecule has 2 aliphatic rings. The van der Waals surface area contributed by atoms with Gasteiger partial charge < -0.3 is 20.2 Å². The van der Waals surface area contributed by atoms with Crippen LogP contribution in [0.3, 0.4) is 0 Å². The Kier molecular flexibility index (Phi) is 9.35. The van der Waals surface area contributed by atoms with Gasteiger partial charge in [-0.15, -0.1) is 11.8 Å². The van der Waals surface area contributed by atoms with Gasteiger partial charge in [-0.05, 0) is 29.5 Å². The molecule has 8 nitrogen and oxygen atoms in total. The summed E-state index contributed by atoms with van der Waals surface area (Å²) in [6.07, 6.45) is 6.82. The number of halogens is 2. The number of carbonyl (C=O) groups excluding carboxylic acids is 2. The molecule has 2 aromatic rings. The highest BCUT2D eigenvalue weighted by Gasteiger charge is 2.37. The zero-order valence-corrected chi connectivity index (χ0v) is 23.0. The number of carboxylic acid groups (broad SMARTS) is 1. The van der Waals surface area contributed by atoms with E-state index in [1.54, 1.807) is 18.5 Å². The Morgan fingerprint density at radius 2 is 1.87 bits per heavy atom. The summed E-state index contributed by atoms with van der Waals surface area (Å²) in [5, 5.41) is 13.1. The summed E-state index contributed by atoms with van der Waals surface area (Å²) in [6, 6.07) is 12.3. The van der Waals surface area contributed by atoms with Crippen molar-refractivity contribution in [3.8, 4) is 0 Å². The van der Waals surface area contributed by atoms with E-state index in [0.29, 0.717) is 28.7 Å². The molecule has 0 radical (unpaired) electrons. The van der Waals surface area contributed by atoms with Crippen LogP contribution in [0.5, 0.6) is 0 Å². The fourth-order valence-corrected chi connectivity index (χ4v) is 5.49. The monoisotopic (exact) mass is 574 g/mol. The molecule has 2 heterocycles. The normalized spacial score (nSPS) is 18.0. The molecular weight excluding hydrogens is 547 g/mol. The van der Waals surface area contributed by atoms with Crippen LogP contribution < -0.4 is 5.32 Å². The van der Waals surface area contributed by atoms with Crippen molar-refractivity contribution in [2.45, 2.75) is 29.9 Å². The number of aliphatic imine (C=N–C) groups is 1. The second-order valence-corrected chi connectivity index (χ2v) is 10.8. The lowest BCUT2D eigenvalue weighted by Gasteiger charge is -2.38. The average Bonchev–Trinajstić information content (AvgIpc) is 3.30. The highest BCUT2D eigenvalue weighted by Crippen LogP contribution is 2.35. The van der Waals surface area contributed by atoms with Gasteiger partial charge in [-0.2, -0.15) is 0 Å². The van der Waals surface area contributed by atoms with Gasteiger partial charge >= 0.3 is 5.97 Å². The third-order valence-electron chi connectivity index (χ3n) is 6.50. The quantitative estimate of drug-likeness (QED) is 0.328. The fourth-order valence-electron chi connectivity index (χ4n) is 4.32. The first-order valence-electron chi connectivity index (χ1n) is 12.1. The lowest BCUT2D eigenvalue weighted by atomic mass is 9.97. The average molecular weight is 576 g/mol. The van der Waals surface area contributed by atoms with Gasteiger partial charge in [0, 0.05) is 43.6 Å². The van der Waals surface area contributed by atoms with Crippen molar-refractivity contribution < 1.29 is 19.5 Å². The van der Waals surface area contributed by atoms with Crippen LogP contribution in [0.1, 0.15) is 17.5 Å². The molecule has 2 atom stereocenters. The molecule has 0 aliphatic carbocycles. The highest BCUT2D eigenvalue weighted by atomic mass is 35.5. The Morgan fingerprint density at radius 1 is 1.13 bits per heavy atom. The van der Waals surface area contributed by atoms with E-state index in [0.717, 1.165) is 10.5 Å². The molecule has 4 rings (SSSR count). The van der Waals surface area contributed by atoms with E-state index in [2.05, 4.69) is 10.3 Å². The molecule has 0 spiro atoms. The Hall–Kier alpha value is -3.01. The SMILES string of the molecule is CSc1ccc(/C=C/C(=O)N2CC(C(=O)N[C@@H](CC3CN(Cc4ccccc4)C=N3)C(=O)O)C2)c(Cl)c1Cl. The summed E-state index contributed by atoms with van der Waals surface area (Å²) in [6.45, 7) is 1.71. The number of rotatable bonds is 10. The van der Waals surface area contributed by atoms with E-state index in [9.17, 15) is 19.5 Å². The van der Waals surface area contributed by atoms with E-state index >= 15 is 0 Å². The summed E-state index contributed by atoms with van der Waals surface area (Å²) >= 11 is 14.0. The number of aliphatic carboxylic acids is 1. The molecule has 2 aliphatic heterocycles. The summed E-state index contributed by atoms with van der Waals surface area (Å²) in [5.74, 6) is -2.21. The van der Waals surface area contributed by atoms with Gasteiger partial charge in [0.15, 0.2) is 0 Å². The summed E-state index contributed by atoms with van der Waals surface area (Å²) in [7, 11) is 0. The zero-order valence-electron chi connectivity index (χ0n) is 20.7. The molecule has 2 amide bonds. The van der Waals surface area contributed by atoms with Crippen molar-refractivity contribution in [3.63, 3.8) is 0 Å². The Balaban J connectivity index is 1.24. The van der Waals surface area contributed by atoms with Gasteiger partial charge in [-0.1, -0.05) is 59.6 Å². The first kappa shape index (κ1) is 28.0. The smallest absolute Gasteiger partial charge is 0.326 e. The largest absolute Gasteiger partial charge is 0.480 e. The van der Waals surface area contributed by atoms with Gasteiger partial charge in [0.05, 0.1) is 28.3 Å². The lowest BCUT2D eigenvalue weighted by Crippen LogP contribution is -2.57. The van der Waals surface area contributed by atoms with E-state index in [-0.39, 0.29) is 37.4 Å². The van der Waals surface area contributed by atoms with Crippen molar-refractivity contribution in [1.29, 1.82) is 0 Å². The topological polar surface area (TPSA) is 102 Å². The van der Waals surface area contributed by atoms with Gasteiger partial charge in [0.1, 0.15) is 6.04 Å². The van der Waals surface area contributed by atoms with Gasteiger partial charge in [-0.3, -0.25) is 14.6 Å². The van der Waals surface area contributed by atoms with Crippen molar-refractivity contribution in [2.75, 3.05) is 25.9 Å². The van der Waals surface area contributed by atoms with Crippen LogP contribution >= 0.6 is 35.0 Å². The van der Waals surface area contributed by atoms with Crippen molar-refractivity contribution >= 4 is 65.2 Å². The third-order valence-corrected chi connectivity index (χ3v) is 8.29. The molecule has 2 aromatic carbocycles. The number of likely N-dealkylation sites (tertiary alicyclic amines) is 1. The summed E-state index contributed by atoms with van der Waals surface area (Å²) in [5.41, 5.74) is 1.76. The zero-order chi connectivity index (χ0) is 27.2.